The number of fused-ring (bicyclic) bond motifs is 1. The van der Waals surface area contributed by atoms with E-state index in [0.29, 0.717) is 31.2 Å². The number of amides is 1. The van der Waals surface area contributed by atoms with Gasteiger partial charge >= 0.3 is 0 Å². The summed E-state index contributed by atoms with van der Waals surface area (Å²) in [5.74, 6) is 1.38. The average Bonchev–Trinajstić information content (AvgIpc) is 3.33. The Bertz CT molecular complexity index is 726. The smallest absolute Gasteiger partial charge is 0.226 e. The Balaban J connectivity index is 1.48. The highest BCUT2D eigenvalue weighted by Crippen LogP contribution is 2.37. The van der Waals surface area contributed by atoms with Crippen LogP contribution in [0.1, 0.15) is 60.5 Å². The minimum absolute atomic E-state index is 0.0621. The Morgan fingerprint density at radius 3 is 3.25 bits per heavy atom. The Morgan fingerprint density at radius 2 is 2.42 bits per heavy atom. The van der Waals surface area contributed by atoms with Gasteiger partial charge in [-0.05, 0) is 36.3 Å². The maximum absolute atomic E-state index is 12.9. The molecule has 2 aliphatic rings. The molecule has 128 valence electrons. The predicted octanol–water partition coefficient (Wildman–Crippen LogP) is 3.06. The first-order chi connectivity index (χ1) is 11.8. The van der Waals surface area contributed by atoms with Gasteiger partial charge in [0.05, 0.1) is 19.1 Å². The van der Waals surface area contributed by atoms with Crippen LogP contribution >= 0.6 is 11.3 Å². The van der Waals surface area contributed by atoms with Crippen molar-refractivity contribution in [3.05, 3.63) is 33.6 Å². The lowest BCUT2D eigenvalue weighted by Crippen LogP contribution is -2.33. The molecule has 0 radical (unpaired) electrons. The molecule has 0 unspecified atom stereocenters. The molecule has 2 aliphatic heterocycles. The number of hydrogen-bond donors (Lipinski definition) is 0. The number of aromatic nitrogens is 2. The number of rotatable bonds is 4. The molecule has 2 aromatic rings. The van der Waals surface area contributed by atoms with Gasteiger partial charge in [-0.2, -0.15) is 4.98 Å². The molecule has 0 N–H and O–H groups in total. The van der Waals surface area contributed by atoms with Gasteiger partial charge in [0, 0.05) is 17.8 Å². The van der Waals surface area contributed by atoms with Gasteiger partial charge in [-0.25, -0.2) is 0 Å². The van der Waals surface area contributed by atoms with Gasteiger partial charge in [0.1, 0.15) is 6.10 Å². The first kappa shape index (κ1) is 15.8. The molecule has 6 nitrogen and oxygen atoms in total. The van der Waals surface area contributed by atoms with Gasteiger partial charge in [-0.1, -0.05) is 12.1 Å². The summed E-state index contributed by atoms with van der Waals surface area (Å²) >= 11 is 1.69. The molecule has 1 fully saturated rings. The van der Waals surface area contributed by atoms with Crippen LogP contribution in [0, 0.1) is 0 Å². The lowest BCUT2D eigenvalue weighted by Gasteiger charge is -2.27. The van der Waals surface area contributed by atoms with Crippen LogP contribution in [0.2, 0.25) is 0 Å². The fourth-order valence-corrected chi connectivity index (χ4v) is 4.53. The number of carbonyl (C=O) groups is 1. The minimum Gasteiger partial charge on any atom is -0.372 e. The van der Waals surface area contributed by atoms with Gasteiger partial charge in [-0.15, -0.1) is 11.3 Å². The van der Waals surface area contributed by atoms with Crippen molar-refractivity contribution in [2.24, 2.45) is 0 Å². The zero-order valence-corrected chi connectivity index (χ0v) is 14.6. The SMILES string of the molecule is CCc1nc([C@H]2CCCN2C(=O)C[C@H]2OCCc3ccsc32)no1. The third-order valence-corrected chi connectivity index (χ3v) is 5.83. The molecule has 7 heteroatoms. The molecule has 24 heavy (non-hydrogen) atoms. The number of carbonyl (C=O) groups excluding carboxylic acids is 1. The second-order valence-electron chi connectivity index (χ2n) is 6.27. The van der Waals surface area contributed by atoms with Crippen LogP contribution in [0.4, 0.5) is 0 Å². The van der Waals surface area contributed by atoms with E-state index in [1.807, 2.05) is 11.8 Å². The molecule has 2 atom stereocenters. The van der Waals surface area contributed by atoms with Crippen molar-refractivity contribution in [3.8, 4) is 0 Å². The van der Waals surface area contributed by atoms with Crippen molar-refractivity contribution in [2.75, 3.05) is 13.2 Å². The number of nitrogens with zero attached hydrogens (tertiary/aromatic N) is 3. The largest absolute Gasteiger partial charge is 0.372 e. The second-order valence-corrected chi connectivity index (χ2v) is 7.22. The maximum atomic E-state index is 12.9. The van der Waals surface area contributed by atoms with Crippen LogP contribution in [-0.2, 0) is 22.4 Å². The first-order valence-corrected chi connectivity index (χ1v) is 9.44. The van der Waals surface area contributed by atoms with Crippen molar-refractivity contribution < 1.29 is 14.1 Å². The standard InChI is InChI=1S/C17H21N3O3S/c1-2-14-18-17(19-23-14)12-4-3-7-20(12)15(21)10-13-16-11(5-8-22-13)6-9-24-16/h6,9,12-13H,2-5,7-8,10H2,1H3/t12-,13-/m1/s1. The van der Waals surface area contributed by atoms with E-state index in [9.17, 15) is 4.79 Å². The zero-order chi connectivity index (χ0) is 16.5. The van der Waals surface area contributed by atoms with E-state index >= 15 is 0 Å². The Labute approximate surface area is 144 Å². The molecular weight excluding hydrogens is 326 g/mol. The van der Waals surface area contributed by atoms with Crippen LogP contribution in [-0.4, -0.2) is 34.1 Å². The topological polar surface area (TPSA) is 68.5 Å². The fourth-order valence-electron chi connectivity index (χ4n) is 3.53. The Hall–Kier alpha value is -1.73. The van der Waals surface area contributed by atoms with Gasteiger partial charge in [0.15, 0.2) is 5.82 Å². The summed E-state index contributed by atoms with van der Waals surface area (Å²) in [6, 6.07) is 2.08. The summed E-state index contributed by atoms with van der Waals surface area (Å²) in [5, 5.41) is 6.15. The summed E-state index contributed by atoms with van der Waals surface area (Å²) in [6.45, 7) is 3.42. The highest BCUT2D eigenvalue weighted by molar-refractivity contribution is 7.10. The number of likely N-dealkylation sites (tertiary alicyclic amines) is 1. The van der Waals surface area contributed by atoms with E-state index in [2.05, 4.69) is 21.6 Å². The van der Waals surface area contributed by atoms with E-state index in [1.54, 1.807) is 11.3 Å². The molecule has 0 bridgehead atoms. The minimum atomic E-state index is -0.112. The van der Waals surface area contributed by atoms with Crippen LogP contribution in [0.25, 0.3) is 0 Å². The summed E-state index contributed by atoms with van der Waals surface area (Å²) in [6.07, 6.45) is 3.80. The molecule has 1 amide bonds. The second kappa shape index (κ2) is 6.64. The molecule has 0 spiro atoms. The molecule has 4 rings (SSSR count). The average molecular weight is 347 g/mol. The van der Waals surface area contributed by atoms with Crippen molar-refractivity contribution in [1.82, 2.24) is 15.0 Å². The van der Waals surface area contributed by atoms with Crippen LogP contribution in [0.3, 0.4) is 0 Å². The molecule has 0 aromatic carbocycles. The van der Waals surface area contributed by atoms with Crippen molar-refractivity contribution >= 4 is 17.2 Å². The zero-order valence-electron chi connectivity index (χ0n) is 13.7. The molecule has 2 aromatic heterocycles. The van der Waals surface area contributed by atoms with Gasteiger partial charge in [0.2, 0.25) is 11.8 Å². The van der Waals surface area contributed by atoms with Crippen LogP contribution < -0.4 is 0 Å². The maximum Gasteiger partial charge on any atom is 0.226 e. The first-order valence-electron chi connectivity index (χ1n) is 8.56. The van der Waals surface area contributed by atoms with E-state index in [0.717, 1.165) is 25.8 Å². The fraction of sp³-hybridized carbons (Fsp3) is 0.588. The van der Waals surface area contributed by atoms with Crippen molar-refractivity contribution in [3.63, 3.8) is 0 Å². The third-order valence-electron chi connectivity index (χ3n) is 4.78. The summed E-state index contributed by atoms with van der Waals surface area (Å²) < 4.78 is 11.1. The Kier molecular flexibility index (Phi) is 4.37. The Morgan fingerprint density at radius 1 is 1.50 bits per heavy atom. The van der Waals surface area contributed by atoms with Gasteiger partial charge < -0.3 is 14.2 Å². The van der Waals surface area contributed by atoms with Crippen molar-refractivity contribution in [1.29, 1.82) is 0 Å². The molecule has 1 saturated heterocycles. The van der Waals surface area contributed by atoms with E-state index in [1.165, 1.54) is 10.4 Å². The van der Waals surface area contributed by atoms with E-state index < -0.39 is 0 Å². The number of thiophene rings is 1. The third kappa shape index (κ3) is 2.86. The monoisotopic (exact) mass is 347 g/mol. The highest BCUT2D eigenvalue weighted by Gasteiger charge is 2.35. The van der Waals surface area contributed by atoms with Crippen LogP contribution in [0.15, 0.2) is 16.0 Å². The number of hydrogen-bond acceptors (Lipinski definition) is 6. The highest BCUT2D eigenvalue weighted by atomic mass is 32.1. The molecule has 0 saturated carbocycles. The van der Waals surface area contributed by atoms with E-state index in [-0.39, 0.29) is 18.1 Å². The number of aryl methyl sites for hydroxylation is 1. The van der Waals surface area contributed by atoms with Crippen molar-refractivity contribution in [2.45, 2.75) is 51.2 Å². The van der Waals surface area contributed by atoms with Crippen LogP contribution in [0.5, 0.6) is 0 Å². The number of ether oxygens (including phenoxy) is 1. The lowest BCUT2D eigenvalue weighted by molar-refractivity contribution is -0.135. The van der Waals surface area contributed by atoms with E-state index in [4.69, 9.17) is 9.26 Å². The van der Waals surface area contributed by atoms with Gasteiger partial charge in [-0.3, -0.25) is 4.79 Å². The lowest BCUT2D eigenvalue weighted by atomic mass is 10.0. The summed E-state index contributed by atoms with van der Waals surface area (Å²) in [4.78, 5) is 20.4. The molecule has 4 heterocycles. The molecule has 0 aliphatic carbocycles. The molecular formula is C17H21N3O3S. The summed E-state index contributed by atoms with van der Waals surface area (Å²) in [7, 11) is 0. The summed E-state index contributed by atoms with van der Waals surface area (Å²) in [5.41, 5.74) is 1.33. The predicted molar refractivity (Wildman–Crippen MR) is 88.7 cm³/mol. The quantitative estimate of drug-likeness (QED) is 0.850. The normalized spacial score (nSPS) is 23.5. The van der Waals surface area contributed by atoms with Gasteiger partial charge in [0.25, 0.3) is 0 Å².